The van der Waals surface area contributed by atoms with E-state index in [-0.39, 0.29) is 6.61 Å². The van der Waals surface area contributed by atoms with E-state index in [9.17, 15) is 5.11 Å². The molecule has 1 N–H and O–H groups in total. The molecule has 4 nitrogen and oxygen atoms in total. The van der Waals surface area contributed by atoms with Gasteiger partial charge in [-0.05, 0) is 40.5 Å². The van der Waals surface area contributed by atoms with Gasteiger partial charge in [0, 0.05) is 18.5 Å². The Morgan fingerprint density at radius 1 is 1.48 bits per heavy atom. The average Bonchev–Trinajstić information content (AvgIpc) is 2.72. The minimum atomic E-state index is -0.611. The summed E-state index contributed by atoms with van der Waals surface area (Å²) < 4.78 is 8.32. The number of aliphatic hydroxyl groups excluding tert-OH is 1. The summed E-state index contributed by atoms with van der Waals surface area (Å²) in [5.74, 6) is 0.653. The van der Waals surface area contributed by atoms with Crippen molar-refractivity contribution in [3.05, 3.63) is 45.1 Å². The van der Waals surface area contributed by atoms with Gasteiger partial charge in [0.05, 0.1) is 22.0 Å². The molecule has 1 unspecified atom stereocenters. The average molecular weight is 374 g/mol. The summed E-state index contributed by atoms with van der Waals surface area (Å²) in [6.45, 7) is 2.26. The first kappa shape index (κ1) is 16.3. The van der Waals surface area contributed by atoms with Crippen LogP contribution in [-0.4, -0.2) is 27.6 Å². The van der Waals surface area contributed by atoms with Crippen molar-refractivity contribution in [3.63, 3.8) is 0 Å². The van der Waals surface area contributed by atoms with Gasteiger partial charge in [0.2, 0.25) is 0 Å². The van der Waals surface area contributed by atoms with Crippen LogP contribution in [-0.2, 0) is 19.9 Å². The molecule has 1 aromatic heterocycles. The van der Waals surface area contributed by atoms with Gasteiger partial charge in [-0.25, -0.2) is 0 Å². The number of aliphatic hydroxyl groups is 1. The van der Waals surface area contributed by atoms with Gasteiger partial charge in [-0.1, -0.05) is 24.6 Å². The van der Waals surface area contributed by atoms with Crippen LogP contribution in [0.5, 0.6) is 5.75 Å². The highest BCUT2D eigenvalue weighted by Gasteiger charge is 2.16. The molecule has 0 bridgehead atoms. The number of nitrogens with zero attached hydrogens (tertiary/aromatic N) is 2. The lowest BCUT2D eigenvalue weighted by Crippen LogP contribution is -2.21. The summed E-state index contributed by atoms with van der Waals surface area (Å²) in [7, 11) is 1.88. The van der Waals surface area contributed by atoms with Crippen LogP contribution in [0.15, 0.2) is 28.7 Å². The summed E-state index contributed by atoms with van der Waals surface area (Å²) >= 11 is 9.43. The standard InChI is InChI=1S/C15H18BrClN2O2/c1-3-13-15(16)14(19(2)18-13)8-11(20)9-21-12-6-4-5-10(17)7-12/h4-7,11,20H,3,8-9H2,1-2H3. The van der Waals surface area contributed by atoms with Gasteiger partial charge < -0.3 is 9.84 Å². The van der Waals surface area contributed by atoms with Gasteiger partial charge in [0.15, 0.2) is 0 Å². The fourth-order valence-corrected chi connectivity index (χ4v) is 3.03. The van der Waals surface area contributed by atoms with Crippen molar-refractivity contribution in [2.45, 2.75) is 25.9 Å². The Bertz CT molecular complexity index is 616. The Balaban J connectivity index is 1.96. The molecular formula is C15H18BrClN2O2. The van der Waals surface area contributed by atoms with E-state index in [1.165, 1.54) is 0 Å². The Hall–Kier alpha value is -1.04. The first-order chi connectivity index (χ1) is 10.0. The van der Waals surface area contributed by atoms with E-state index in [0.29, 0.717) is 17.2 Å². The molecule has 0 fully saturated rings. The van der Waals surface area contributed by atoms with Gasteiger partial charge in [-0.15, -0.1) is 0 Å². The third kappa shape index (κ3) is 4.22. The molecule has 6 heteroatoms. The summed E-state index contributed by atoms with van der Waals surface area (Å²) in [5, 5.41) is 15.2. The van der Waals surface area contributed by atoms with Crippen LogP contribution in [0.1, 0.15) is 18.3 Å². The summed E-state index contributed by atoms with van der Waals surface area (Å²) in [5.41, 5.74) is 1.96. The van der Waals surface area contributed by atoms with Crippen molar-refractivity contribution in [2.75, 3.05) is 6.61 Å². The van der Waals surface area contributed by atoms with Crippen LogP contribution in [0.4, 0.5) is 0 Å². The highest BCUT2D eigenvalue weighted by Crippen LogP contribution is 2.23. The Morgan fingerprint density at radius 3 is 2.86 bits per heavy atom. The van der Waals surface area contributed by atoms with Crippen LogP contribution in [0, 0.1) is 0 Å². The van der Waals surface area contributed by atoms with Crippen LogP contribution in [0.25, 0.3) is 0 Å². The van der Waals surface area contributed by atoms with E-state index < -0.39 is 6.10 Å². The maximum absolute atomic E-state index is 10.1. The second kappa shape index (κ2) is 7.29. The van der Waals surface area contributed by atoms with Gasteiger partial charge >= 0.3 is 0 Å². The minimum Gasteiger partial charge on any atom is -0.491 e. The topological polar surface area (TPSA) is 47.3 Å². The van der Waals surface area contributed by atoms with Gasteiger partial charge in [-0.2, -0.15) is 5.10 Å². The number of rotatable bonds is 6. The summed E-state index contributed by atoms with van der Waals surface area (Å²) in [6.07, 6.45) is 0.717. The van der Waals surface area contributed by atoms with Crippen LogP contribution in [0.3, 0.4) is 0 Å². The normalized spacial score (nSPS) is 12.4. The highest BCUT2D eigenvalue weighted by molar-refractivity contribution is 9.10. The second-order valence-electron chi connectivity index (χ2n) is 4.81. The van der Waals surface area contributed by atoms with E-state index in [0.717, 1.165) is 22.3 Å². The SMILES string of the molecule is CCc1nn(C)c(CC(O)COc2cccc(Cl)c2)c1Br. The van der Waals surface area contributed by atoms with Gasteiger partial charge in [0.1, 0.15) is 12.4 Å². The summed E-state index contributed by atoms with van der Waals surface area (Å²) in [4.78, 5) is 0. The van der Waals surface area contributed by atoms with Crippen molar-refractivity contribution >= 4 is 27.5 Å². The number of hydrogen-bond acceptors (Lipinski definition) is 3. The summed E-state index contributed by atoms with van der Waals surface area (Å²) in [6, 6.07) is 7.14. The monoisotopic (exact) mass is 372 g/mol. The van der Waals surface area contributed by atoms with Crippen molar-refractivity contribution in [2.24, 2.45) is 7.05 Å². The Labute approximate surface area is 137 Å². The highest BCUT2D eigenvalue weighted by atomic mass is 79.9. The molecule has 114 valence electrons. The van der Waals surface area contributed by atoms with Crippen LogP contribution < -0.4 is 4.74 Å². The van der Waals surface area contributed by atoms with E-state index in [2.05, 4.69) is 28.0 Å². The number of aromatic nitrogens is 2. The molecule has 0 spiro atoms. The predicted molar refractivity (Wildman–Crippen MR) is 86.9 cm³/mol. The molecule has 0 aliphatic heterocycles. The fourth-order valence-electron chi connectivity index (χ4n) is 2.07. The molecule has 0 amide bonds. The van der Waals surface area contributed by atoms with E-state index >= 15 is 0 Å². The maximum atomic E-state index is 10.1. The van der Waals surface area contributed by atoms with E-state index in [4.69, 9.17) is 16.3 Å². The molecule has 0 saturated heterocycles. The molecular weight excluding hydrogens is 356 g/mol. The lowest BCUT2D eigenvalue weighted by molar-refractivity contribution is 0.106. The Morgan fingerprint density at radius 2 is 2.24 bits per heavy atom. The number of aryl methyl sites for hydroxylation is 2. The lowest BCUT2D eigenvalue weighted by atomic mass is 10.2. The fraction of sp³-hybridized carbons (Fsp3) is 0.400. The van der Waals surface area contributed by atoms with Crippen LogP contribution >= 0.6 is 27.5 Å². The minimum absolute atomic E-state index is 0.208. The maximum Gasteiger partial charge on any atom is 0.120 e. The van der Waals surface area contributed by atoms with Gasteiger partial charge in [0.25, 0.3) is 0 Å². The van der Waals surface area contributed by atoms with Crippen molar-refractivity contribution in [1.82, 2.24) is 9.78 Å². The first-order valence-corrected chi connectivity index (χ1v) is 7.95. The molecule has 1 atom stereocenters. The number of hydrogen-bond donors (Lipinski definition) is 1. The zero-order valence-electron chi connectivity index (χ0n) is 12.0. The molecule has 21 heavy (non-hydrogen) atoms. The molecule has 0 aliphatic carbocycles. The molecule has 0 radical (unpaired) electrons. The lowest BCUT2D eigenvalue weighted by Gasteiger charge is -2.13. The number of benzene rings is 1. The molecule has 2 aromatic rings. The second-order valence-corrected chi connectivity index (χ2v) is 6.04. The largest absolute Gasteiger partial charge is 0.491 e. The first-order valence-electron chi connectivity index (χ1n) is 6.78. The smallest absolute Gasteiger partial charge is 0.120 e. The predicted octanol–water partition coefficient (Wildman–Crippen LogP) is 3.38. The molecule has 1 aromatic carbocycles. The number of ether oxygens (including phenoxy) is 1. The van der Waals surface area contributed by atoms with E-state index in [1.54, 1.807) is 16.8 Å². The third-order valence-corrected chi connectivity index (χ3v) is 4.32. The van der Waals surface area contributed by atoms with Crippen molar-refractivity contribution < 1.29 is 9.84 Å². The van der Waals surface area contributed by atoms with Gasteiger partial charge in [-0.3, -0.25) is 4.68 Å². The van der Waals surface area contributed by atoms with Crippen LogP contribution in [0.2, 0.25) is 5.02 Å². The quantitative estimate of drug-likeness (QED) is 0.844. The molecule has 2 rings (SSSR count). The molecule has 1 heterocycles. The zero-order chi connectivity index (χ0) is 15.4. The number of halogens is 2. The molecule has 0 saturated carbocycles. The van der Waals surface area contributed by atoms with Crippen molar-refractivity contribution in [3.8, 4) is 5.75 Å². The zero-order valence-corrected chi connectivity index (χ0v) is 14.4. The Kier molecular flexibility index (Phi) is 5.67. The molecule has 0 aliphatic rings. The third-order valence-electron chi connectivity index (χ3n) is 3.17. The van der Waals surface area contributed by atoms with E-state index in [1.807, 2.05) is 19.2 Å². The van der Waals surface area contributed by atoms with Crippen molar-refractivity contribution in [1.29, 1.82) is 0 Å².